The third kappa shape index (κ3) is 5.64. The lowest BCUT2D eigenvalue weighted by molar-refractivity contribution is -0.384. The lowest BCUT2D eigenvalue weighted by Crippen LogP contribution is -2.05. The number of nitro benzene ring substituents is 1. The molecule has 3 rings (SSSR count). The molecule has 2 aromatic carbocycles. The van der Waals surface area contributed by atoms with Crippen LogP contribution in [0.4, 0.5) is 5.69 Å². The zero-order chi connectivity index (χ0) is 20.8. The number of nitrogens with zero attached hydrogens (tertiary/aromatic N) is 3. The molecule has 0 fully saturated rings. The van der Waals surface area contributed by atoms with E-state index in [0.717, 1.165) is 4.90 Å². The normalized spacial score (nSPS) is 10.7. The predicted molar refractivity (Wildman–Crippen MR) is 107 cm³/mol. The van der Waals surface area contributed by atoms with Crippen molar-refractivity contribution < 1.29 is 18.9 Å². The van der Waals surface area contributed by atoms with Crippen molar-refractivity contribution in [2.24, 2.45) is 0 Å². The van der Waals surface area contributed by atoms with Gasteiger partial charge in [0.2, 0.25) is 5.89 Å². The van der Waals surface area contributed by atoms with E-state index in [4.69, 9.17) is 9.15 Å². The fourth-order valence-corrected chi connectivity index (χ4v) is 3.35. The van der Waals surface area contributed by atoms with Crippen LogP contribution in [0.5, 0.6) is 0 Å². The summed E-state index contributed by atoms with van der Waals surface area (Å²) in [6.45, 7) is 4.00. The van der Waals surface area contributed by atoms with Crippen LogP contribution in [-0.4, -0.2) is 26.8 Å². The molecule has 0 atom stereocenters. The van der Waals surface area contributed by atoms with Gasteiger partial charge in [-0.25, -0.2) is 0 Å². The predicted octanol–water partition coefficient (Wildman–Crippen LogP) is 4.49. The van der Waals surface area contributed by atoms with Gasteiger partial charge in [-0.3, -0.25) is 14.9 Å². The quantitative estimate of drug-likeness (QED) is 0.230. The minimum atomic E-state index is -0.485. The Hall–Kier alpha value is -3.20. The molecule has 0 saturated carbocycles. The lowest BCUT2D eigenvalue weighted by Gasteiger charge is -2.05. The highest BCUT2D eigenvalue weighted by Crippen LogP contribution is 2.23. The van der Waals surface area contributed by atoms with Crippen LogP contribution in [0.25, 0.3) is 11.5 Å². The minimum Gasteiger partial charge on any atom is -0.456 e. The summed E-state index contributed by atoms with van der Waals surface area (Å²) < 4.78 is 10.6. The van der Waals surface area contributed by atoms with Gasteiger partial charge in [0.25, 0.3) is 11.6 Å². The van der Waals surface area contributed by atoms with Crippen molar-refractivity contribution in [3.8, 4) is 11.5 Å². The summed E-state index contributed by atoms with van der Waals surface area (Å²) in [6.07, 6.45) is 0.265. The van der Waals surface area contributed by atoms with Crippen LogP contribution in [0.1, 0.15) is 23.4 Å². The van der Waals surface area contributed by atoms with Gasteiger partial charge in [-0.2, -0.15) is 0 Å². The second kappa shape index (κ2) is 9.33. The standard InChI is InChI=1S/C20H19N3O5S/c1-13-3-8-17(11-14(13)2)29-10-9-19(24)27-12-18-21-22-20(28-18)15-4-6-16(7-5-15)23(25)26/h3-8,11H,9-10,12H2,1-2H3. The van der Waals surface area contributed by atoms with Gasteiger partial charge >= 0.3 is 5.97 Å². The number of benzene rings is 2. The maximum absolute atomic E-state index is 11.9. The highest BCUT2D eigenvalue weighted by molar-refractivity contribution is 7.99. The summed E-state index contributed by atoms with van der Waals surface area (Å²) in [5.74, 6) is 0.625. The molecule has 0 N–H and O–H groups in total. The summed E-state index contributed by atoms with van der Waals surface area (Å²) in [6, 6.07) is 11.9. The molecule has 29 heavy (non-hydrogen) atoms. The van der Waals surface area contributed by atoms with Crippen molar-refractivity contribution in [1.29, 1.82) is 0 Å². The number of esters is 1. The fraction of sp³-hybridized carbons (Fsp3) is 0.250. The molecule has 1 heterocycles. The van der Waals surface area contributed by atoms with Gasteiger partial charge < -0.3 is 9.15 Å². The van der Waals surface area contributed by atoms with E-state index >= 15 is 0 Å². The van der Waals surface area contributed by atoms with Gasteiger partial charge in [0.15, 0.2) is 6.61 Å². The van der Waals surface area contributed by atoms with Gasteiger partial charge in [-0.05, 0) is 49.2 Å². The minimum absolute atomic E-state index is 0.0268. The van der Waals surface area contributed by atoms with Gasteiger partial charge in [0.1, 0.15) is 0 Å². The Labute approximate surface area is 171 Å². The van der Waals surface area contributed by atoms with Crippen LogP contribution in [0.15, 0.2) is 51.8 Å². The van der Waals surface area contributed by atoms with Gasteiger partial charge in [-0.15, -0.1) is 22.0 Å². The Bertz CT molecular complexity index is 1020. The third-order valence-electron chi connectivity index (χ3n) is 4.20. The molecule has 0 aliphatic carbocycles. The van der Waals surface area contributed by atoms with Crippen LogP contribution < -0.4 is 0 Å². The summed E-state index contributed by atoms with van der Waals surface area (Å²) in [4.78, 5) is 23.2. The Balaban J connectivity index is 1.45. The second-order valence-electron chi connectivity index (χ2n) is 6.31. The second-order valence-corrected chi connectivity index (χ2v) is 7.48. The molecular weight excluding hydrogens is 394 g/mol. The van der Waals surface area contributed by atoms with Crippen molar-refractivity contribution in [2.75, 3.05) is 5.75 Å². The van der Waals surface area contributed by atoms with E-state index in [1.807, 2.05) is 6.07 Å². The molecule has 0 saturated heterocycles. The van der Waals surface area contributed by atoms with Crippen LogP contribution in [0, 0.1) is 24.0 Å². The third-order valence-corrected chi connectivity index (χ3v) is 5.20. The highest BCUT2D eigenvalue weighted by atomic mass is 32.2. The molecule has 150 valence electrons. The maximum Gasteiger partial charge on any atom is 0.307 e. The fourth-order valence-electron chi connectivity index (χ4n) is 2.42. The van der Waals surface area contributed by atoms with Crippen molar-refractivity contribution >= 4 is 23.4 Å². The van der Waals surface area contributed by atoms with Crippen molar-refractivity contribution in [2.45, 2.75) is 31.8 Å². The van der Waals surface area contributed by atoms with Gasteiger partial charge in [0.05, 0.1) is 11.3 Å². The monoisotopic (exact) mass is 413 g/mol. The molecule has 0 amide bonds. The van der Waals surface area contributed by atoms with Crippen molar-refractivity contribution in [3.05, 3.63) is 69.6 Å². The Morgan fingerprint density at radius 2 is 1.90 bits per heavy atom. The van der Waals surface area contributed by atoms with Crippen LogP contribution >= 0.6 is 11.8 Å². The number of non-ortho nitro benzene ring substituents is 1. The summed E-state index contributed by atoms with van der Waals surface area (Å²) >= 11 is 1.60. The van der Waals surface area contributed by atoms with E-state index in [1.54, 1.807) is 11.8 Å². The van der Waals surface area contributed by atoms with Crippen molar-refractivity contribution in [1.82, 2.24) is 10.2 Å². The van der Waals surface area contributed by atoms with Crippen LogP contribution in [-0.2, 0) is 16.1 Å². The Morgan fingerprint density at radius 3 is 2.59 bits per heavy atom. The first-order valence-electron chi connectivity index (χ1n) is 8.85. The lowest BCUT2D eigenvalue weighted by atomic mass is 10.1. The first kappa shape index (κ1) is 20.5. The topological polar surface area (TPSA) is 108 Å². The average molecular weight is 413 g/mol. The number of carbonyl (C=O) groups excluding carboxylic acids is 1. The van der Waals surface area contributed by atoms with E-state index < -0.39 is 4.92 Å². The molecule has 0 radical (unpaired) electrons. The molecular formula is C20H19N3O5S. The highest BCUT2D eigenvalue weighted by Gasteiger charge is 2.13. The molecule has 1 aromatic heterocycles. The largest absolute Gasteiger partial charge is 0.456 e. The van der Waals surface area contributed by atoms with Crippen molar-refractivity contribution in [3.63, 3.8) is 0 Å². The molecule has 0 aliphatic rings. The molecule has 0 bridgehead atoms. The van der Waals surface area contributed by atoms with Gasteiger partial charge in [-0.1, -0.05) is 6.07 Å². The number of thioether (sulfide) groups is 1. The Kier molecular flexibility index (Phi) is 6.61. The molecule has 8 nitrogen and oxygen atoms in total. The SMILES string of the molecule is Cc1ccc(SCCC(=O)OCc2nnc(-c3ccc([N+](=O)[O-])cc3)o2)cc1C. The number of ether oxygens (including phenoxy) is 1. The maximum atomic E-state index is 11.9. The number of carbonyl (C=O) groups is 1. The molecule has 3 aromatic rings. The number of hydrogen-bond donors (Lipinski definition) is 0. The first-order valence-corrected chi connectivity index (χ1v) is 9.84. The first-order chi connectivity index (χ1) is 13.9. The van der Waals surface area contributed by atoms with E-state index in [1.165, 1.54) is 35.4 Å². The molecule has 0 spiro atoms. The van der Waals surface area contributed by atoms with Crippen LogP contribution in [0.3, 0.4) is 0 Å². The van der Waals surface area contributed by atoms with E-state index in [-0.39, 0.29) is 36.5 Å². The molecule has 0 aliphatic heterocycles. The number of rotatable bonds is 8. The number of hydrogen-bond acceptors (Lipinski definition) is 8. The zero-order valence-electron chi connectivity index (χ0n) is 16.0. The van der Waals surface area contributed by atoms with E-state index in [2.05, 4.69) is 36.2 Å². The molecule has 0 unspecified atom stereocenters. The van der Waals surface area contributed by atoms with Gasteiger partial charge in [0, 0.05) is 28.3 Å². The van der Waals surface area contributed by atoms with E-state index in [0.29, 0.717) is 11.3 Å². The molecule has 9 heteroatoms. The summed E-state index contributed by atoms with van der Waals surface area (Å²) in [5.41, 5.74) is 2.98. The van der Waals surface area contributed by atoms with E-state index in [9.17, 15) is 14.9 Å². The number of aromatic nitrogens is 2. The average Bonchev–Trinajstić information content (AvgIpc) is 3.18. The zero-order valence-corrected chi connectivity index (χ0v) is 16.8. The summed E-state index contributed by atoms with van der Waals surface area (Å²) in [7, 11) is 0. The number of aryl methyl sites for hydroxylation is 2. The Morgan fingerprint density at radius 1 is 1.14 bits per heavy atom. The number of nitro groups is 1. The van der Waals surface area contributed by atoms with Crippen LogP contribution in [0.2, 0.25) is 0 Å². The smallest absolute Gasteiger partial charge is 0.307 e. The summed E-state index contributed by atoms with van der Waals surface area (Å²) in [5, 5.41) is 18.4.